The zero-order chi connectivity index (χ0) is 20.9. The molecule has 1 aliphatic rings. The first-order valence-electron chi connectivity index (χ1n) is 9.83. The van der Waals surface area contributed by atoms with Gasteiger partial charge in [0.1, 0.15) is 17.6 Å². The molecule has 0 spiro atoms. The Balaban J connectivity index is 1.76. The third kappa shape index (κ3) is 4.33. The van der Waals surface area contributed by atoms with Crippen molar-refractivity contribution in [1.82, 2.24) is 10.3 Å². The van der Waals surface area contributed by atoms with E-state index in [1.807, 2.05) is 24.3 Å². The minimum atomic E-state index is -0.533. The Morgan fingerprint density at radius 3 is 2.77 bits per heavy atom. The van der Waals surface area contributed by atoms with Crippen LogP contribution in [0.2, 0.25) is 0 Å². The summed E-state index contributed by atoms with van der Waals surface area (Å²) in [6.07, 6.45) is 2.53. The number of rotatable bonds is 5. The number of nitrogens with one attached hydrogen (secondary N) is 1. The van der Waals surface area contributed by atoms with Gasteiger partial charge < -0.3 is 14.8 Å². The molecule has 30 heavy (non-hydrogen) atoms. The molecule has 1 unspecified atom stereocenters. The first-order valence-corrected chi connectivity index (χ1v) is 9.83. The Morgan fingerprint density at radius 1 is 1.20 bits per heavy atom. The fourth-order valence-corrected chi connectivity index (χ4v) is 3.63. The van der Waals surface area contributed by atoms with E-state index in [4.69, 9.17) is 14.7 Å². The van der Waals surface area contributed by atoms with E-state index in [1.54, 1.807) is 19.4 Å². The second-order valence-electron chi connectivity index (χ2n) is 7.17. The quantitative estimate of drug-likeness (QED) is 0.698. The fraction of sp³-hybridized carbons (Fsp3) is 0.250. The molecule has 152 valence electrons. The number of benzene rings is 2. The average molecular weight is 403 g/mol. The number of pyridine rings is 1. The second-order valence-corrected chi connectivity index (χ2v) is 7.17. The molecular weight excluding hydrogens is 381 g/mol. The van der Waals surface area contributed by atoms with Crippen LogP contribution in [0.4, 0.5) is 4.39 Å². The predicted molar refractivity (Wildman–Crippen MR) is 113 cm³/mol. The van der Waals surface area contributed by atoms with Gasteiger partial charge in [0.25, 0.3) is 0 Å². The third-order valence-electron chi connectivity index (χ3n) is 5.20. The third-order valence-corrected chi connectivity index (χ3v) is 5.20. The lowest BCUT2D eigenvalue weighted by molar-refractivity contribution is 0.0292. The van der Waals surface area contributed by atoms with Crippen molar-refractivity contribution in [3.05, 3.63) is 71.7 Å². The topological polar surface area (TPSA) is 67.2 Å². The van der Waals surface area contributed by atoms with E-state index < -0.39 is 5.82 Å². The van der Waals surface area contributed by atoms with E-state index in [0.717, 1.165) is 41.9 Å². The maximum Gasteiger partial charge on any atom is 0.141 e. The Hall–Kier alpha value is -3.27. The average Bonchev–Trinajstić information content (AvgIpc) is 2.80. The first kappa shape index (κ1) is 20.0. The van der Waals surface area contributed by atoms with Crippen LogP contribution in [0.3, 0.4) is 0 Å². The van der Waals surface area contributed by atoms with Gasteiger partial charge in [0.15, 0.2) is 0 Å². The zero-order valence-electron chi connectivity index (χ0n) is 16.7. The first-order chi connectivity index (χ1) is 14.7. The molecule has 4 rings (SSSR count). The SMILES string of the molecule is COc1ccc(-c2ccc(CC3CNCCO3)cc2-c2ccc(C#N)c(F)c2)nc1. The van der Waals surface area contributed by atoms with Crippen molar-refractivity contribution >= 4 is 0 Å². The van der Waals surface area contributed by atoms with Gasteiger partial charge in [-0.25, -0.2) is 4.39 Å². The van der Waals surface area contributed by atoms with Gasteiger partial charge in [0.05, 0.1) is 37.3 Å². The molecule has 1 aliphatic heterocycles. The van der Waals surface area contributed by atoms with Crippen LogP contribution in [0, 0.1) is 17.1 Å². The lowest BCUT2D eigenvalue weighted by Crippen LogP contribution is -2.39. The number of halogens is 1. The van der Waals surface area contributed by atoms with Gasteiger partial charge in [0, 0.05) is 18.7 Å². The van der Waals surface area contributed by atoms with Crippen molar-refractivity contribution in [3.8, 4) is 34.2 Å². The molecule has 0 bridgehead atoms. The van der Waals surface area contributed by atoms with Crippen molar-refractivity contribution in [2.75, 3.05) is 26.8 Å². The van der Waals surface area contributed by atoms with Crippen LogP contribution in [0.1, 0.15) is 11.1 Å². The molecular formula is C24H22FN3O2. The van der Waals surface area contributed by atoms with E-state index in [9.17, 15) is 4.39 Å². The minimum absolute atomic E-state index is 0.0284. The second kappa shape index (κ2) is 9.04. The highest BCUT2D eigenvalue weighted by Crippen LogP contribution is 2.34. The number of morpholine rings is 1. The Morgan fingerprint density at radius 2 is 2.10 bits per heavy atom. The molecule has 0 saturated carbocycles. The van der Waals surface area contributed by atoms with Crippen molar-refractivity contribution in [3.63, 3.8) is 0 Å². The van der Waals surface area contributed by atoms with Crippen molar-refractivity contribution in [2.24, 2.45) is 0 Å². The molecule has 0 radical (unpaired) electrons. The molecule has 1 atom stereocenters. The lowest BCUT2D eigenvalue weighted by atomic mass is 9.92. The molecule has 0 aliphatic carbocycles. The predicted octanol–water partition coefficient (Wildman–Crippen LogP) is 3.97. The van der Waals surface area contributed by atoms with Gasteiger partial charge in [-0.2, -0.15) is 5.26 Å². The Bertz CT molecular complexity index is 1070. The van der Waals surface area contributed by atoms with Crippen LogP contribution < -0.4 is 10.1 Å². The normalized spacial score (nSPS) is 16.1. The minimum Gasteiger partial charge on any atom is -0.495 e. The van der Waals surface area contributed by atoms with Crippen LogP contribution in [-0.2, 0) is 11.2 Å². The summed E-state index contributed by atoms with van der Waals surface area (Å²) in [5.74, 6) is 0.136. The van der Waals surface area contributed by atoms with Gasteiger partial charge in [-0.1, -0.05) is 24.3 Å². The Labute approximate surface area is 175 Å². The molecule has 1 fully saturated rings. The number of nitrogens with zero attached hydrogens (tertiary/aromatic N) is 2. The summed E-state index contributed by atoms with van der Waals surface area (Å²) in [6.45, 7) is 2.38. The Kier molecular flexibility index (Phi) is 6.03. The van der Waals surface area contributed by atoms with E-state index >= 15 is 0 Å². The smallest absolute Gasteiger partial charge is 0.141 e. The summed E-state index contributed by atoms with van der Waals surface area (Å²) in [5.41, 5.74) is 4.33. The van der Waals surface area contributed by atoms with E-state index in [1.165, 1.54) is 12.1 Å². The summed E-state index contributed by atoms with van der Waals surface area (Å²) >= 11 is 0. The van der Waals surface area contributed by atoms with Crippen LogP contribution >= 0.6 is 0 Å². The van der Waals surface area contributed by atoms with Gasteiger partial charge in [-0.05, 0) is 47.4 Å². The number of hydrogen-bond donors (Lipinski definition) is 1. The highest BCUT2D eigenvalue weighted by molar-refractivity contribution is 5.82. The molecule has 1 aromatic heterocycles. The molecule has 6 heteroatoms. The number of hydrogen-bond acceptors (Lipinski definition) is 5. The maximum absolute atomic E-state index is 14.4. The van der Waals surface area contributed by atoms with E-state index in [2.05, 4.69) is 22.4 Å². The summed E-state index contributed by atoms with van der Waals surface area (Å²) < 4.78 is 25.4. The van der Waals surface area contributed by atoms with Crippen LogP contribution in [0.25, 0.3) is 22.4 Å². The molecule has 3 aromatic rings. The van der Waals surface area contributed by atoms with Gasteiger partial charge in [0.2, 0.25) is 0 Å². The van der Waals surface area contributed by atoms with E-state index in [0.29, 0.717) is 17.9 Å². The number of ether oxygens (including phenoxy) is 2. The largest absolute Gasteiger partial charge is 0.495 e. The molecule has 0 amide bonds. The van der Waals surface area contributed by atoms with Crippen LogP contribution in [-0.4, -0.2) is 37.9 Å². The molecule has 5 nitrogen and oxygen atoms in total. The maximum atomic E-state index is 14.4. The van der Waals surface area contributed by atoms with E-state index in [-0.39, 0.29) is 11.7 Å². The molecule has 1 saturated heterocycles. The highest BCUT2D eigenvalue weighted by atomic mass is 19.1. The van der Waals surface area contributed by atoms with Crippen molar-refractivity contribution < 1.29 is 13.9 Å². The monoisotopic (exact) mass is 403 g/mol. The molecule has 2 aromatic carbocycles. The summed E-state index contributed by atoms with van der Waals surface area (Å²) in [4.78, 5) is 4.50. The van der Waals surface area contributed by atoms with Gasteiger partial charge in [-0.15, -0.1) is 0 Å². The molecule has 2 heterocycles. The fourth-order valence-electron chi connectivity index (χ4n) is 3.63. The number of nitriles is 1. The van der Waals surface area contributed by atoms with Gasteiger partial charge in [-0.3, -0.25) is 4.98 Å². The van der Waals surface area contributed by atoms with Crippen molar-refractivity contribution in [2.45, 2.75) is 12.5 Å². The highest BCUT2D eigenvalue weighted by Gasteiger charge is 2.17. The van der Waals surface area contributed by atoms with Crippen LogP contribution in [0.15, 0.2) is 54.7 Å². The van der Waals surface area contributed by atoms with Crippen LogP contribution in [0.5, 0.6) is 5.75 Å². The molecule has 1 N–H and O–H groups in total. The summed E-state index contributed by atoms with van der Waals surface area (Å²) in [6, 6.07) is 16.4. The van der Waals surface area contributed by atoms with Crippen molar-refractivity contribution in [1.29, 1.82) is 5.26 Å². The van der Waals surface area contributed by atoms with Gasteiger partial charge >= 0.3 is 0 Å². The zero-order valence-corrected chi connectivity index (χ0v) is 16.7. The number of methoxy groups -OCH3 is 1. The summed E-state index contributed by atoms with van der Waals surface area (Å²) in [5, 5.41) is 12.4. The standard InChI is InChI=1S/C24H22FN3O2/c1-29-19-5-7-24(28-15-19)21-6-2-16(10-20-14-27-8-9-30-20)11-22(21)17-3-4-18(13-26)23(25)12-17/h2-7,11-12,15,20,27H,8-10,14H2,1H3. The summed E-state index contributed by atoms with van der Waals surface area (Å²) in [7, 11) is 1.60. The lowest BCUT2D eigenvalue weighted by Gasteiger charge is -2.24. The number of aromatic nitrogens is 1.